The number of para-hydroxylation sites is 1. The number of rotatable bonds is 5. The van der Waals surface area contributed by atoms with Crippen LogP contribution in [0.1, 0.15) is 5.56 Å². The van der Waals surface area contributed by atoms with E-state index >= 15 is 0 Å². The monoisotopic (exact) mass is 425 g/mol. The summed E-state index contributed by atoms with van der Waals surface area (Å²) < 4.78 is 13.0. The molecule has 0 aliphatic carbocycles. The molecule has 1 aliphatic heterocycles. The molecule has 8 heteroatoms. The zero-order valence-corrected chi connectivity index (χ0v) is 17.0. The molecule has 30 heavy (non-hydrogen) atoms. The molecular weight excluding hydrogens is 405 g/mol. The summed E-state index contributed by atoms with van der Waals surface area (Å²) in [6.45, 7) is 2.46. The number of hydrogen-bond donors (Lipinski definition) is 1. The van der Waals surface area contributed by atoms with E-state index in [2.05, 4.69) is 20.2 Å². The summed E-state index contributed by atoms with van der Waals surface area (Å²) in [6.07, 6.45) is 1.97. The van der Waals surface area contributed by atoms with Crippen LogP contribution in [-0.4, -0.2) is 47.0 Å². The number of benzene rings is 2. The lowest BCUT2D eigenvalue weighted by Crippen LogP contribution is -2.49. The molecule has 1 amide bonds. The summed E-state index contributed by atoms with van der Waals surface area (Å²) in [6, 6.07) is 15.3. The highest BCUT2D eigenvalue weighted by Crippen LogP contribution is 2.24. The van der Waals surface area contributed by atoms with Gasteiger partial charge in [-0.05, 0) is 35.9 Å². The Hall–Kier alpha value is -3.19. The van der Waals surface area contributed by atoms with E-state index in [-0.39, 0.29) is 18.1 Å². The van der Waals surface area contributed by atoms with Crippen LogP contribution in [0.3, 0.4) is 0 Å². The van der Waals surface area contributed by atoms with Gasteiger partial charge in [0, 0.05) is 32.4 Å². The van der Waals surface area contributed by atoms with Crippen molar-refractivity contribution in [3.05, 3.63) is 77.2 Å². The number of halogens is 2. The van der Waals surface area contributed by atoms with Gasteiger partial charge in [0.05, 0.1) is 17.1 Å². The Kier molecular flexibility index (Phi) is 6.09. The molecule has 2 aromatic carbocycles. The second-order valence-corrected chi connectivity index (χ2v) is 7.43. The van der Waals surface area contributed by atoms with Crippen molar-refractivity contribution in [3.8, 4) is 0 Å². The maximum absolute atomic E-state index is 13.0. The molecule has 0 bridgehead atoms. The number of amides is 1. The topological polar surface area (TPSA) is 61.4 Å². The Bertz CT molecular complexity index is 1020. The summed E-state index contributed by atoms with van der Waals surface area (Å²) in [4.78, 5) is 25.4. The highest BCUT2D eigenvalue weighted by atomic mass is 35.5. The molecule has 0 radical (unpaired) electrons. The van der Waals surface area contributed by atoms with Crippen LogP contribution >= 0.6 is 11.6 Å². The fourth-order valence-corrected chi connectivity index (χ4v) is 3.50. The van der Waals surface area contributed by atoms with E-state index in [0.29, 0.717) is 43.0 Å². The number of carbonyl (C=O) groups excluding carboxylic acids is 1. The minimum absolute atomic E-state index is 0.0383. The Morgan fingerprint density at radius 3 is 2.50 bits per heavy atom. The number of anilines is 3. The summed E-state index contributed by atoms with van der Waals surface area (Å²) >= 11 is 6.20. The third-order valence-electron chi connectivity index (χ3n) is 4.96. The smallest absolute Gasteiger partial charge is 0.227 e. The summed E-state index contributed by atoms with van der Waals surface area (Å²) in [5.74, 6) is 1.00. The fourth-order valence-electron chi connectivity index (χ4n) is 3.32. The maximum atomic E-state index is 13.0. The van der Waals surface area contributed by atoms with Crippen LogP contribution in [-0.2, 0) is 11.2 Å². The van der Waals surface area contributed by atoms with Crippen molar-refractivity contribution in [2.45, 2.75) is 6.42 Å². The van der Waals surface area contributed by atoms with E-state index in [1.165, 1.54) is 12.1 Å². The quantitative estimate of drug-likeness (QED) is 0.671. The summed E-state index contributed by atoms with van der Waals surface area (Å²) in [7, 11) is 0. The minimum atomic E-state index is -0.300. The van der Waals surface area contributed by atoms with Crippen molar-refractivity contribution < 1.29 is 9.18 Å². The standard InChI is InChI=1S/C22H21ClFN5O/c23-18-3-1-2-4-19(18)26-20-9-10-25-22(27-20)29-13-11-28(12-14-29)21(30)15-16-5-7-17(24)8-6-16/h1-10H,11-15H2,(H,25,26,27). The zero-order chi connectivity index (χ0) is 20.9. The summed E-state index contributed by atoms with van der Waals surface area (Å²) in [5, 5.41) is 3.83. The molecular formula is C22H21ClFN5O. The Morgan fingerprint density at radius 2 is 1.77 bits per heavy atom. The van der Waals surface area contributed by atoms with Crippen LogP contribution in [0.25, 0.3) is 0 Å². The Labute approximate surface area is 179 Å². The van der Waals surface area contributed by atoms with Gasteiger partial charge >= 0.3 is 0 Å². The Morgan fingerprint density at radius 1 is 1.03 bits per heavy atom. The molecule has 0 atom stereocenters. The van der Waals surface area contributed by atoms with Crippen molar-refractivity contribution >= 4 is 35.0 Å². The average Bonchev–Trinajstić information content (AvgIpc) is 2.77. The number of hydrogen-bond acceptors (Lipinski definition) is 5. The van der Waals surface area contributed by atoms with Crippen LogP contribution in [0.4, 0.5) is 21.8 Å². The van der Waals surface area contributed by atoms with Gasteiger partial charge in [0.1, 0.15) is 11.6 Å². The molecule has 0 unspecified atom stereocenters. The largest absolute Gasteiger partial charge is 0.339 e. The van der Waals surface area contributed by atoms with Gasteiger partial charge in [0.2, 0.25) is 11.9 Å². The van der Waals surface area contributed by atoms with E-state index in [1.807, 2.05) is 29.2 Å². The number of nitrogens with zero attached hydrogens (tertiary/aromatic N) is 4. The van der Waals surface area contributed by atoms with Gasteiger partial charge in [0.15, 0.2) is 0 Å². The predicted octanol–water partition coefficient (Wildman–Crippen LogP) is 3.90. The third-order valence-corrected chi connectivity index (χ3v) is 5.29. The molecule has 3 aromatic rings. The molecule has 1 saturated heterocycles. The SMILES string of the molecule is O=C(Cc1ccc(F)cc1)N1CCN(c2nccc(Nc3ccccc3Cl)n2)CC1. The van der Waals surface area contributed by atoms with E-state index in [4.69, 9.17) is 11.6 Å². The lowest BCUT2D eigenvalue weighted by Gasteiger charge is -2.35. The van der Waals surface area contributed by atoms with Crippen molar-refractivity contribution in [1.29, 1.82) is 0 Å². The number of carbonyl (C=O) groups is 1. The highest BCUT2D eigenvalue weighted by Gasteiger charge is 2.23. The second-order valence-electron chi connectivity index (χ2n) is 7.02. The van der Waals surface area contributed by atoms with Gasteiger partial charge in [-0.1, -0.05) is 35.9 Å². The van der Waals surface area contributed by atoms with Crippen LogP contribution in [0, 0.1) is 5.82 Å². The molecule has 6 nitrogen and oxygen atoms in total. The molecule has 4 rings (SSSR count). The van der Waals surface area contributed by atoms with Crippen LogP contribution < -0.4 is 10.2 Å². The number of nitrogens with one attached hydrogen (secondary N) is 1. The van der Waals surface area contributed by atoms with Gasteiger partial charge < -0.3 is 15.1 Å². The molecule has 2 heterocycles. The van der Waals surface area contributed by atoms with E-state index < -0.39 is 0 Å². The first-order chi connectivity index (χ1) is 14.6. The van der Waals surface area contributed by atoms with Gasteiger partial charge in [-0.3, -0.25) is 4.79 Å². The van der Waals surface area contributed by atoms with Crippen LogP contribution in [0.15, 0.2) is 60.8 Å². The van der Waals surface area contributed by atoms with Gasteiger partial charge in [-0.25, -0.2) is 9.37 Å². The van der Waals surface area contributed by atoms with Crippen molar-refractivity contribution in [2.75, 3.05) is 36.4 Å². The molecule has 1 aromatic heterocycles. The first-order valence-electron chi connectivity index (χ1n) is 9.70. The van der Waals surface area contributed by atoms with Gasteiger partial charge in [-0.15, -0.1) is 0 Å². The van der Waals surface area contributed by atoms with E-state index in [0.717, 1.165) is 11.3 Å². The van der Waals surface area contributed by atoms with E-state index in [1.54, 1.807) is 24.4 Å². The van der Waals surface area contributed by atoms with Crippen molar-refractivity contribution in [3.63, 3.8) is 0 Å². The third kappa shape index (κ3) is 4.86. The van der Waals surface area contributed by atoms with Crippen LogP contribution in [0.2, 0.25) is 5.02 Å². The van der Waals surface area contributed by atoms with Gasteiger partial charge in [-0.2, -0.15) is 4.98 Å². The normalized spacial score (nSPS) is 13.9. The average molecular weight is 426 g/mol. The summed E-state index contributed by atoms with van der Waals surface area (Å²) in [5.41, 5.74) is 1.59. The first-order valence-corrected chi connectivity index (χ1v) is 10.1. The number of aromatic nitrogens is 2. The fraction of sp³-hybridized carbons (Fsp3) is 0.227. The Balaban J connectivity index is 1.35. The minimum Gasteiger partial charge on any atom is -0.339 e. The van der Waals surface area contributed by atoms with Crippen molar-refractivity contribution in [1.82, 2.24) is 14.9 Å². The van der Waals surface area contributed by atoms with Gasteiger partial charge in [0.25, 0.3) is 0 Å². The predicted molar refractivity (Wildman–Crippen MR) is 116 cm³/mol. The lowest BCUT2D eigenvalue weighted by molar-refractivity contribution is -0.130. The van der Waals surface area contributed by atoms with Crippen LogP contribution in [0.5, 0.6) is 0 Å². The second kappa shape index (κ2) is 9.09. The molecule has 1 N–H and O–H groups in total. The highest BCUT2D eigenvalue weighted by molar-refractivity contribution is 6.33. The molecule has 0 spiro atoms. The molecule has 154 valence electrons. The first kappa shape index (κ1) is 20.1. The molecule has 0 saturated carbocycles. The zero-order valence-electron chi connectivity index (χ0n) is 16.3. The van der Waals surface area contributed by atoms with Crippen molar-refractivity contribution in [2.24, 2.45) is 0 Å². The van der Waals surface area contributed by atoms with E-state index in [9.17, 15) is 9.18 Å². The molecule has 1 fully saturated rings. The maximum Gasteiger partial charge on any atom is 0.227 e. The number of piperazine rings is 1. The molecule has 1 aliphatic rings. The lowest BCUT2D eigenvalue weighted by atomic mass is 10.1.